The molecule has 2 heterocycles. The van der Waals surface area contributed by atoms with Crippen molar-refractivity contribution in [3.05, 3.63) is 137 Å². The highest BCUT2D eigenvalue weighted by molar-refractivity contribution is 7.91. The first-order valence-corrected chi connectivity index (χ1v) is 14.9. The van der Waals surface area contributed by atoms with Crippen LogP contribution >= 0.6 is 0 Å². The van der Waals surface area contributed by atoms with E-state index >= 15 is 0 Å². The highest BCUT2D eigenvalue weighted by atomic mass is 32.2. The molecule has 0 bridgehead atoms. The van der Waals surface area contributed by atoms with Gasteiger partial charge in [0.1, 0.15) is 0 Å². The summed E-state index contributed by atoms with van der Waals surface area (Å²) in [5.41, 5.74) is 11.8. The molecule has 0 spiro atoms. The molecule has 8 rings (SSSR count). The Hall–Kier alpha value is -4.28. The minimum absolute atomic E-state index is 0.0846. The van der Waals surface area contributed by atoms with E-state index in [2.05, 4.69) is 85.8 Å². The molecule has 5 aromatic carbocycles. The van der Waals surface area contributed by atoms with E-state index < -0.39 is 9.84 Å². The minimum atomic E-state index is -3.64. The van der Waals surface area contributed by atoms with E-state index in [1.165, 1.54) is 27.8 Å². The Kier molecular flexibility index (Phi) is 4.72. The molecule has 0 N–H and O–H groups in total. The first-order valence-electron chi connectivity index (χ1n) is 13.4. The maximum absolute atomic E-state index is 13.8. The maximum atomic E-state index is 13.8. The molecule has 0 amide bonds. The lowest BCUT2D eigenvalue weighted by Crippen LogP contribution is -2.21. The van der Waals surface area contributed by atoms with Crippen LogP contribution in [0.2, 0.25) is 0 Å². The third kappa shape index (κ3) is 3.09. The molecule has 3 nitrogen and oxygen atoms in total. The lowest BCUT2D eigenvalue weighted by atomic mass is 9.86. The summed E-state index contributed by atoms with van der Waals surface area (Å²) in [5, 5.41) is 0. The molecule has 188 valence electrons. The minimum Gasteiger partial charge on any atom is -0.256 e. The highest BCUT2D eigenvalue weighted by Crippen LogP contribution is 2.52. The normalized spacial score (nSPS) is 17.7. The average Bonchev–Trinajstić information content (AvgIpc) is 3.52. The van der Waals surface area contributed by atoms with E-state index in [0.29, 0.717) is 9.79 Å². The van der Waals surface area contributed by atoms with Gasteiger partial charge in [-0.15, -0.1) is 0 Å². The summed E-state index contributed by atoms with van der Waals surface area (Å²) in [7, 11) is -3.64. The monoisotopic (exact) mass is 523 g/mol. The molecule has 0 saturated heterocycles. The quantitative estimate of drug-likeness (QED) is 0.234. The van der Waals surface area contributed by atoms with Crippen LogP contribution in [0.25, 0.3) is 22.3 Å². The smallest absolute Gasteiger partial charge is 0.207 e. The molecular weight excluding hydrogens is 498 g/mol. The van der Waals surface area contributed by atoms with Crippen molar-refractivity contribution in [1.29, 1.82) is 0 Å². The molecule has 0 fully saturated rings. The average molecular weight is 524 g/mol. The van der Waals surface area contributed by atoms with Crippen molar-refractivity contribution in [2.45, 2.75) is 35.0 Å². The third-order valence-corrected chi connectivity index (χ3v) is 10.5. The van der Waals surface area contributed by atoms with Crippen LogP contribution < -0.4 is 0 Å². The Morgan fingerprint density at radius 3 is 1.92 bits per heavy atom. The van der Waals surface area contributed by atoms with Crippen LogP contribution in [0.3, 0.4) is 0 Å². The van der Waals surface area contributed by atoms with Gasteiger partial charge in [0.15, 0.2) is 0 Å². The number of benzene rings is 5. The first-order chi connectivity index (χ1) is 19.1. The summed E-state index contributed by atoms with van der Waals surface area (Å²) in [6.07, 6.45) is 0.779. The van der Waals surface area contributed by atoms with Crippen molar-refractivity contribution in [2.24, 2.45) is 4.99 Å². The van der Waals surface area contributed by atoms with Gasteiger partial charge in [-0.3, -0.25) is 4.99 Å². The molecule has 3 aliphatic rings. The van der Waals surface area contributed by atoms with Crippen LogP contribution in [0, 0.1) is 0 Å². The second kappa shape index (κ2) is 8.11. The van der Waals surface area contributed by atoms with Crippen LogP contribution in [-0.4, -0.2) is 14.1 Å². The molecule has 2 aliphatic heterocycles. The van der Waals surface area contributed by atoms with Gasteiger partial charge in [-0.05, 0) is 69.1 Å². The van der Waals surface area contributed by atoms with Gasteiger partial charge in [-0.2, -0.15) is 0 Å². The lowest BCUT2D eigenvalue weighted by Gasteiger charge is -2.26. The second-order valence-corrected chi connectivity index (χ2v) is 12.5. The summed E-state index contributed by atoms with van der Waals surface area (Å²) in [5.74, 6) is 0.0978. The van der Waals surface area contributed by atoms with E-state index in [9.17, 15) is 8.42 Å². The standard InChI is InChI=1S/C35H25NO2S/c1-2-29-34-28-13-7-8-14-31(28)39(37,38)32-20-23(19-30(36-29)35(32)34)21-15-17-22(18-16-21)33-26-11-5-3-9-24(26)25-10-4-6-12-27(25)33/h3-20,33-34H,2H2,1H3. The van der Waals surface area contributed by atoms with Crippen molar-refractivity contribution in [1.82, 2.24) is 0 Å². The van der Waals surface area contributed by atoms with Gasteiger partial charge in [-0.1, -0.05) is 97.9 Å². The van der Waals surface area contributed by atoms with E-state index in [-0.39, 0.29) is 11.8 Å². The predicted octanol–water partition coefficient (Wildman–Crippen LogP) is 8.29. The number of hydrogen-bond acceptors (Lipinski definition) is 3. The van der Waals surface area contributed by atoms with Crippen molar-refractivity contribution < 1.29 is 8.42 Å². The summed E-state index contributed by atoms with van der Waals surface area (Å²) in [6, 6.07) is 37.2. The van der Waals surface area contributed by atoms with Gasteiger partial charge >= 0.3 is 0 Å². The predicted molar refractivity (Wildman–Crippen MR) is 156 cm³/mol. The fourth-order valence-corrected chi connectivity index (χ4v) is 8.64. The van der Waals surface area contributed by atoms with Crippen LogP contribution in [0.1, 0.15) is 53.0 Å². The molecule has 1 unspecified atom stereocenters. The maximum Gasteiger partial charge on any atom is 0.207 e. The Morgan fingerprint density at radius 1 is 0.641 bits per heavy atom. The van der Waals surface area contributed by atoms with Crippen molar-refractivity contribution in [2.75, 3.05) is 0 Å². The molecule has 5 aromatic rings. The van der Waals surface area contributed by atoms with Gasteiger partial charge in [0.2, 0.25) is 9.84 Å². The number of hydrogen-bond donors (Lipinski definition) is 0. The number of fused-ring (bicyclic) bond motifs is 5. The number of nitrogens with zero attached hydrogens (tertiary/aromatic N) is 1. The van der Waals surface area contributed by atoms with Crippen molar-refractivity contribution >= 4 is 21.2 Å². The van der Waals surface area contributed by atoms with E-state index in [1.54, 1.807) is 6.07 Å². The number of rotatable bonds is 3. The van der Waals surface area contributed by atoms with E-state index in [4.69, 9.17) is 4.99 Å². The molecule has 0 aromatic heterocycles. The summed E-state index contributed by atoms with van der Waals surface area (Å²) < 4.78 is 27.6. The van der Waals surface area contributed by atoms with Gasteiger partial charge in [0.25, 0.3) is 0 Å². The van der Waals surface area contributed by atoms with Crippen LogP contribution in [0.5, 0.6) is 0 Å². The Morgan fingerprint density at radius 2 is 1.26 bits per heavy atom. The fraction of sp³-hybridized carbons (Fsp3) is 0.114. The van der Waals surface area contributed by atoms with Gasteiger partial charge in [-0.25, -0.2) is 8.42 Å². The molecule has 1 aliphatic carbocycles. The molecular formula is C35H25NO2S. The summed E-state index contributed by atoms with van der Waals surface area (Å²) in [4.78, 5) is 5.76. The SMILES string of the molecule is CCC1=Nc2cc(-c3ccc(C4c5ccccc5-c5ccccc54)cc3)cc3c2C1c1ccccc1S3(=O)=O. The zero-order valence-electron chi connectivity index (χ0n) is 21.4. The van der Waals surface area contributed by atoms with Crippen molar-refractivity contribution in [3.8, 4) is 22.3 Å². The molecule has 1 atom stereocenters. The first kappa shape index (κ1) is 22.7. The van der Waals surface area contributed by atoms with Crippen LogP contribution in [-0.2, 0) is 9.84 Å². The van der Waals surface area contributed by atoms with Crippen LogP contribution in [0.15, 0.2) is 124 Å². The Labute approximate surface area is 228 Å². The highest BCUT2D eigenvalue weighted by Gasteiger charge is 2.42. The second-order valence-electron chi connectivity index (χ2n) is 10.6. The van der Waals surface area contributed by atoms with Gasteiger partial charge < -0.3 is 0 Å². The van der Waals surface area contributed by atoms with Gasteiger partial charge in [0, 0.05) is 17.2 Å². The zero-order valence-corrected chi connectivity index (χ0v) is 22.2. The third-order valence-electron chi connectivity index (χ3n) is 8.59. The van der Waals surface area contributed by atoms with Gasteiger partial charge in [0.05, 0.1) is 21.4 Å². The zero-order chi connectivity index (χ0) is 26.3. The molecule has 39 heavy (non-hydrogen) atoms. The summed E-state index contributed by atoms with van der Waals surface area (Å²) in [6.45, 7) is 2.09. The van der Waals surface area contributed by atoms with Crippen molar-refractivity contribution in [3.63, 3.8) is 0 Å². The Bertz CT molecular complexity index is 1920. The fourth-order valence-electron chi connectivity index (χ4n) is 6.85. The molecule has 0 saturated carbocycles. The number of aliphatic imine (C=N–C) groups is 1. The largest absolute Gasteiger partial charge is 0.256 e. The lowest BCUT2D eigenvalue weighted by molar-refractivity contribution is 0.591. The van der Waals surface area contributed by atoms with E-state index in [1.807, 2.05) is 24.3 Å². The summed E-state index contributed by atoms with van der Waals surface area (Å²) >= 11 is 0. The van der Waals surface area contributed by atoms with Crippen LogP contribution in [0.4, 0.5) is 5.69 Å². The molecule has 4 heteroatoms. The Balaban J connectivity index is 1.25. The number of sulfone groups is 1. The topological polar surface area (TPSA) is 46.5 Å². The van der Waals surface area contributed by atoms with E-state index in [0.717, 1.165) is 40.1 Å². The molecule has 0 radical (unpaired) electrons.